The SMILES string of the molecule is CCNC(=O)CN1CCN(C(=O)CN2CCCCCC2=O)CC1. The molecule has 7 heteroatoms. The molecule has 2 aliphatic heterocycles. The molecule has 23 heavy (non-hydrogen) atoms. The molecule has 0 aromatic rings. The van der Waals surface area contributed by atoms with Crippen molar-refractivity contribution in [3.63, 3.8) is 0 Å². The van der Waals surface area contributed by atoms with Crippen molar-refractivity contribution in [2.24, 2.45) is 0 Å². The van der Waals surface area contributed by atoms with Gasteiger partial charge in [-0.3, -0.25) is 19.3 Å². The summed E-state index contributed by atoms with van der Waals surface area (Å²) < 4.78 is 0. The van der Waals surface area contributed by atoms with Gasteiger partial charge in [-0.25, -0.2) is 0 Å². The zero-order valence-corrected chi connectivity index (χ0v) is 14.1. The Morgan fingerprint density at radius 1 is 1.00 bits per heavy atom. The summed E-state index contributed by atoms with van der Waals surface area (Å²) in [5.74, 6) is 0.158. The maximum Gasteiger partial charge on any atom is 0.242 e. The molecular weight excluding hydrogens is 296 g/mol. The Balaban J connectivity index is 1.74. The fraction of sp³-hybridized carbons (Fsp3) is 0.812. The van der Waals surface area contributed by atoms with Gasteiger partial charge >= 0.3 is 0 Å². The van der Waals surface area contributed by atoms with E-state index in [0.29, 0.717) is 52.2 Å². The number of likely N-dealkylation sites (N-methyl/N-ethyl adjacent to an activating group) is 1. The van der Waals surface area contributed by atoms with Crippen molar-refractivity contribution >= 4 is 17.7 Å². The molecule has 7 nitrogen and oxygen atoms in total. The largest absolute Gasteiger partial charge is 0.355 e. The summed E-state index contributed by atoms with van der Waals surface area (Å²) >= 11 is 0. The van der Waals surface area contributed by atoms with Gasteiger partial charge in [-0.1, -0.05) is 6.42 Å². The summed E-state index contributed by atoms with van der Waals surface area (Å²) in [6.07, 6.45) is 3.55. The second-order valence-electron chi connectivity index (χ2n) is 6.24. The van der Waals surface area contributed by atoms with E-state index in [1.807, 2.05) is 11.8 Å². The van der Waals surface area contributed by atoms with Gasteiger partial charge in [0, 0.05) is 45.7 Å². The minimum Gasteiger partial charge on any atom is -0.355 e. The third-order valence-electron chi connectivity index (χ3n) is 4.46. The van der Waals surface area contributed by atoms with Crippen LogP contribution in [0.5, 0.6) is 0 Å². The van der Waals surface area contributed by atoms with E-state index in [1.54, 1.807) is 4.90 Å². The number of hydrogen-bond donors (Lipinski definition) is 1. The number of carbonyl (C=O) groups excluding carboxylic acids is 3. The van der Waals surface area contributed by atoms with E-state index in [4.69, 9.17) is 0 Å². The number of nitrogens with one attached hydrogen (secondary N) is 1. The third kappa shape index (κ3) is 5.49. The second-order valence-corrected chi connectivity index (χ2v) is 6.24. The number of amides is 3. The van der Waals surface area contributed by atoms with Crippen LogP contribution >= 0.6 is 0 Å². The van der Waals surface area contributed by atoms with Crippen molar-refractivity contribution in [3.8, 4) is 0 Å². The van der Waals surface area contributed by atoms with Crippen molar-refractivity contribution in [1.82, 2.24) is 20.0 Å². The molecule has 2 saturated heterocycles. The number of rotatable bonds is 5. The molecule has 2 rings (SSSR count). The molecule has 0 saturated carbocycles. The van der Waals surface area contributed by atoms with E-state index in [2.05, 4.69) is 10.2 Å². The zero-order valence-electron chi connectivity index (χ0n) is 14.1. The molecule has 0 atom stereocenters. The lowest BCUT2D eigenvalue weighted by Gasteiger charge is -2.35. The Hall–Kier alpha value is -1.63. The summed E-state index contributed by atoms with van der Waals surface area (Å²) in [5.41, 5.74) is 0. The van der Waals surface area contributed by atoms with Crippen molar-refractivity contribution in [3.05, 3.63) is 0 Å². The Bertz CT molecular complexity index is 433. The Morgan fingerprint density at radius 2 is 1.74 bits per heavy atom. The van der Waals surface area contributed by atoms with Crippen molar-refractivity contribution in [2.75, 3.05) is 52.4 Å². The summed E-state index contributed by atoms with van der Waals surface area (Å²) in [7, 11) is 0. The highest BCUT2D eigenvalue weighted by Crippen LogP contribution is 2.12. The number of hydrogen-bond acceptors (Lipinski definition) is 4. The van der Waals surface area contributed by atoms with Crippen LogP contribution < -0.4 is 5.32 Å². The second kappa shape index (κ2) is 8.86. The van der Waals surface area contributed by atoms with Crippen LogP contribution in [0.25, 0.3) is 0 Å². The molecule has 0 aromatic heterocycles. The molecule has 130 valence electrons. The molecule has 0 unspecified atom stereocenters. The summed E-state index contributed by atoms with van der Waals surface area (Å²) in [6, 6.07) is 0. The molecule has 0 aliphatic carbocycles. The van der Waals surface area contributed by atoms with Crippen LogP contribution in [0.2, 0.25) is 0 Å². The summed E-state index contributed by atoms with van der Waals surface area (Å²) in [5, 5.41) is 2.79. The van der Waals surface area contributed by atoms with Gasteiger partial charge in [0.25, 0.3) is 0 Å². The van der Waals surface area contributed by atoms with E-state index < -0.39 is 0 Å². The zero-order chi connectivity index (χ0) is 16.7. The fourth-order valence-electron chi connectivity index (χ4n) is 3.08. The monoisotopic (exact) mass is 324 g/mol. The van der Waals surface area contributed by atoms with Gasteiger partial charge in [-0.05, 0) is 19.8 Å². The van der Waals surface area contributed by atoms with Crippen LogP contribution in [-0.2, 0) is 14.4 Å². The first kappa shape index (κ1) is 17.7. The molecule has 0 spiro atoms. The van der Waals surface area contributed by atoms with E-state index in [9.17, 15) is 14.4 Å². The topological polar surface area (TPSA) is 73.0 Å². The first-order valence-corrected chi connectivity index (χ1v) is 8.64. The van der Waals surface area contributed by atoms with Crippen LogP contribution in [0.15, 0.2) is 0 Å². The van der Waals surface area contributed by atoms with Crippen molar-refractivity contribution in [1.29, 1.82) is 0 Å². The molecule has 1 N–H and O–H groups in total. The van der Waals surface area contributed by atoms with Crippen LogP contribution in [0.3, 0.4) is 0 Å². The average molecular weight is 324 g/mol. The Labute approximate surface area is 138 Å². The molecule has 2 heterocycles. The minimum atomic E-state index is 0.0258. The Morgan fingerprint density at radius 3 is 2.43 bits per heavy atom. The number of piperazine rings is 1. The maximum absolute atomic E-state index is 12.4. The van der Waals surface area contributed by atoms with E-state index in [1.165, 1.54) is 0 Å². The maximum atomic E-state index is 12.4. The highest BCUT2D eigenvalue weighted by molar-refractivity contribution is 5.85. The highest BCUT2D eigenvalue weighted by atomic mass is 16.2. The summed E-state index contributed by atoms with van der Waals surface area (Å²) in [4.78, 5) is 41.5. The quantitative estimate of drug-likeness (QED) is 0.751. The average Bonchev–Trinajstić information content (AvgIpc) is 2.73. The Kier molecular flexibility index (Phi) is 6.83. The fourth-order valence-corrected chi connectivity index (χ4v) is 3.08. The van der Waals surface area contributed by atoms with E-state index in [0.717, 1.165) is 19.3 Å². The van der Waals surface area contributed by atoms with E-state index in [-0.39, 0.29) is 24.3 Å². The predicted octanol–water partition coefficient (Wildman–Crippen LogP) is -0.331. The normalized spacial score (nSPS) is 20.3. The van der Waals surface area contributed by atoms with Crippen molar-refractivity contribution in [2.45, 2.75) is 32.6 Å². The standard InChI is InChI=1S/C16H28N4O3/c1-2-17-14(21)12-18-8-10-19(11-9-18)16(23)13-20-7-5-3-4-6-15(20)22/h2-13H2,1H3,(H,17,21). The number of nitrogens with zero attached hydrogens (tertiary/aromatic N) is 3. The van der Waals surface area contributed by atoms with Gasteiger partial charge in [0.15, 0.2) is 0 Å². The summed E-state index contributed by atoms with van der Waals surface area (Å²) in [6.45, 7) is 6.49. The number of likely N-dealkylation sites (tertiary alicyclic amines) is 1. The lowest BCUT2D eigenvalue weighted by Crippen LogP contribution is -2.53. The van der Waals surface area contributed by atoms with E-state index >= 15 is 0 Å². The number of carbonyl (C=O) groups is 3. The van der Waals surface area contributed by atoms with Gasteiger partial charge in [0.2, 0.25) is 17.7 Å². The van der Waals surface area contributed by atoms with Gasteiger partial charge in [-0.2, -0.15) is 0 Å². The smallest absolute Gasteiger partial charge is 0.242 e. The molecular formula is C16H28N4O3. The van der Waals surface area contributed by atoms with Gasteiger partial charge in [0.1, 0.15) is 0 Å². The van der Waals surface area contributed by atoms with Crippen molar-refractivity contribution < 1.29 is 14.4 Å². The highest BCUT2D eigenvalue weighted by Gasteiger charge is 2.25. The first-order chi connectivity index (χ1) is 11.1. The van der Waals surface area contributed by atoms with Crippen LogP contribution in [0, 0.1) is 0 Å². The minimum absolute atomic E-state index is 0.0258. The first-order valence-electron chi connectivity index (χ1n) is 8.64. The lowest BCUT2D eigenvalue weighted by molar-refractivity contribution is -0.141. The lowest BCUT2D eigenvalue weighted by atomic mass is 10.2. The molecule has 0 aromatic carbocycles. The molecule has 2 aliphatic rings. The van der Waals surface area contributed by atoms with Gasteiger partial charge in [0.05, 0.1) is 13.1 Å². The predicted molar refractivity (Wildman–Crippen MR) is 86.8 cm³/mol. The van der Waals surface area contributed by atoms with Gasteiger partial charge < -0.3 is 15.1 Å². The van der Waals surface area contributed by atoms with Gasteiger partial charge in [-0.15, -0.1) is 0 Å². The van der Waals surface area contributed by atoms with Crippen LogP contribution in [-0.4, -0.2) is 84.8 Å². The third-order valence-corrected chi connectivity index (χ3v) is 4.46. The molecule has 3 amide bonds. The molecule has 2 fully saturated rings. The van der Waals surface area contributed by atoms with Crippen LogP contribution in [0.1, 0.15) is 32.6 Å². The molecule has 0 bridgehead atoms. The molecule has 0 radical (unpaired) electrons. The van der Waals surface area contributed by atoms with Crippen LogP contribution in [0.4, 0.5) is 0 Å².